The molecule has 0 saturated carbocycles. The summed E-state index contributed by atoms with van der Waals surface area (Å²) in [6.45, 7) is 1.12. The molecule has 2 aromatic carbocycles. The summed E-state index contributed by atoms with van der Waals surface area (Å²) in [5.74, 6) is -0.0368. The van der Waals surface area contributed by atoms with Gasteiger partial charge in [-0.15, -0.1) is 0 Å². The molecule has 0 bridgehead atoms. The minimum Gasteiger partial charge on any atom is -0.482 e. The van der Waals surface area contributed by atoms with E-state index in [1.54, 1.807) is 6.08 Å². The quantitative estimate of drug-likeness (QED) is 0.705. The second kappa shape index (κ2) is 5.76. The van der Waals surface area contributed by atoms with E-state index in [0.29, 0.717) is 5.76 Å². The number of ether oxygens (including phenoxy) is 1. The lowest BCUT2D eigenvalue weighted by atomic mass is 9.88. The Kier molecular flexibility index (Phi) is 3.92. The van der Waals surface area contributed by atoms with Gasteiger partial charge < -0.3 is 4.74 Å². The molecule has 0 radical (unpaired) electrons. The number of rotatable bonds is 2. The number of hydrogen-bond acceptors (Lipinski definition) is 1. The van der Waals surface area contributed by atoms with Crippen molar-refractivity contribution in [2.75, 3.05) is 0 Å². The zero-order chi connectivity index (χ0) is 16.5. The topological polar surface area (TPSA) is 9.23 Å². The molecule has 1 saturated heterocycles. The van der Waals surface area contributed by atoms with Gasteiger partial charge in [0.25, 0.3) is 0 Å². The van der Waals surface area contributed by atoms with Crippen LogP contribution in [0, 0.1) is 0 Å². The Morgan fingerprint density at radius 1 is 1.00 bits per heavy atom. The van der Waals surface area contributed by atoms with Crippen LogP contribution in [0.4, 0.5) is 13.2 Å². The van der Waals surface area contributed by atoms with Gasteiger partial charge in [-0.1, -0.05) is 60.7 Å². The lowest BCUT2D eigenvalue weighted by molar-refractivity contribution is -0.247. The van der Waals surface area contributed by atoms with Crippen LogP contribution in [-0.4, -0.2) is 11.8 Å². The number of alkyl halides is 3. The van der Waals surface area contributed by atoms with Gasteiger partial charge in [0.05, 0.1) is 0 Å². The first-order chi connectivity index (χ1) is 10.9. The summed E-state index contributed by atoms with van der Waals surface area (Å²) in [6, 6.07) is 18.5. The average Bonchev–Trinajstić information content (AvgIpc) is 2.87. The molecule has 23 heavy (non-hydrogen) atoms. The maximum Gasteiger partial charge on any atom is 0.427 e. The fourth-order valence-corrected chi connectivity index (χ4v) is 2.85. The summed E-state index contributed by atoms with van der Waals surface area (Å²) in [4.78, 5) is 0. The van der Waals surface area contributed by atoms with Gasteiger partial charge >= 0.3 is 6.18 Å². The minimum absolute atomic E-state index is 0.112. The van der Waals surface area contributed by atoms with Gasteiger partial charge in [-0.25, -0.2) is 0 Å². The molecule has 0 spiro atoms. The molecule has 2 aromatic rings. The molecule has 4 heteroatoms. The van der Waals surface area contributed by atoms with E-state index in [1.807, 2.05) is 60.7 Å². The molecule has 0 aliphatic carbocycles. The number of benzene rings is 2. The van der Waals surface area contributed by atoms with Crippen LogP contribution in [0.15, 0.2) is 66.4 Å². The fourth-order valence-electron chi connectivity index (χ4n) is 2.85. The monoisotopic (exact) mass is 318 g/mol. The molecule has 1 fully saturated rings. The van der Waals surface area contributed by atoms with Gasteiger partial charge in [0.1, 0.15) is 5.76 Å². The van der Waals surface area contributed by atoms with Gasteiger partial charge in [0, 0.05) is 12.3 Å². The van der Waals surface area contributed by atoms with Crippen molar-refractivity contribution in [2.45, 2.75) is 31.0 Å². The van der Waals surface area contributed by atoms with E-state index < -0.39 is 17.7 Å². The molecule has 1 aliphatic rings. The minimum atomic E-state index is -4.41. The molecule has 2 atom stereocenters. The summed E-state index contributed by atoms with van der Waals surface area (Å²) in [6.07, 6.45) is -2.82. The van der Waals surface area contributed by atoms with Gasteiger partial charge in [-0.05, 0) is 24.1 Å². The largest absolute Gasteiger partial charge is 0.482 e. The maximum atomic E-state index is 13.4. The van der Waals surface area contributed by atoms with Crippen molar-refractivity contribution in [3.63, 3.8) is 0 Å². The molecule has 1 heterocycles. The predicted molar refractivity (Wildman–Crippen MR) is 83.8 cm³/mol. The SMILES string of the molecule is C[C@@]1(C(F)(F)F)C[C@H](c2ccccc2)/C(=C/c2ccccc2)O1. The van der Waals surface area contributed by atoms with Crippen LogP contribution in [0.5, 0.6) is 0 Å². The van der Waals surface area contributed by atoms with Crippen LogP contribution in [0.25, 0.3) is 6.08 Å². The molecule has 0 N–H and O–H groups in total. The Hall–Kier alpha value is -2.23. The summed E-state index contributed by atoms with van der Waals surface area (Å²) in [5, 5.41) is 0. The van der Waals surface area contributed by atoms with Crippen LogP contribution < -0.4 is 0 Å². The Balaban J connectivity index is 2.02. The van der Waals surface area contributed by atoms with Crippen molar-refractivity contribution in [3.8, 4) is 0 Å². The van der Waals surface area contributed by atoms with Crippen molar-refractivity contribution in [2.24, 2.45) is 0 Å². The lowest BCUT2D eigenvalue weighted by Crippen LogP contribution is -2.41. The maximum absolute atomic E-state index is 13.4. The Morgan fingerprint density at radius 3 is 2.13 bits per heavy atom. The highest BCUT2D eigenvalue weighted by atomic mass is 19.4. The fraction of sp³-hybridized carbons (Fsp3) is 0.263. The van der Waals surface area contributed by atoms with Crippen LogP contribution >= 0.6 is 0 Å². The van der Waals surface area contributed by atoms with Crippen LogP contribution in [0.1, 0.15) is 30.4 Å². The van der Waals surface area contributed by atoms with Crippen LogP contribution in [-0.2, 0) is 4.74 Å². The van der Waals surface area contributed by atoms with Crippen molar-refractivity contribution in [1.82, 2.24) is 0 Å². The first-order valence-electron chi connectivity index (χ1n) is 7.46. The second-order valence-corrected chi connectivity index (χ2v) is 5.96. The van der Waals surface area contributed by atoms with E-state index in [2.05, 4.69) is 0 Å². The smallest absolute Gasteiger partial charge is 0.427 e. The van der Waals surface area contributed by atoms with Gasteiger partial charge in [-0.3, -0.25) is 0 Å². The normalized spacial score (nSPS) is 26.3. The molecular weight excluding hydrogens is 301 g/mol. The third-order valence-electron chi connectivity index (χ3n) is 4.19. The molecule has 0 aromatic heterocycles. The van der Waals surface area contributed by atoms with Gasteiger partial charge in [-0.2, -0.15) is 13.2 Å². The Bertz CT molecular complexity index is 692. The number of allylic oxidation sites excluding steroid dienone is 1. The summed E-state index contributed by atoms with van der Waals surface area (Å²) >= 11 is 0. The van der Waals surface area contributed by atoms with E-state index >= 15 is 0 Å². The highest BCUT2D eigenvalue weighted by Gasteiger charge is 2.59. The third-order valence-corrected chi connectivity index (χ3v) is 4.19. The number of halogens is 3. The van der Waals surface area contributed by atoms with Crippen molar-refractivity contribution in [1.29, 1.82) is 0 Å². The molecule has 1 aliphatic heterocycles. The zero-order valence-corrected chi connectivity index (χ0v) is 12.7. The highest BCUT2D eigenvalue weighted by molar-refractivity contribution is 5.54. The lowest BCUT2D eigenvalue weighted by Gasteiger charge is -2.26. The summed E-state index contributed by atoms with van der Waals surface area (Å²) < 4.78 is 45.6. The summed E-state index contributed by atoms with van der Waals surface area (Å²) in [5.41, 5.74) is -0.494. The van der Waals surface area contributed by atoms with E-state index in [4.69, 9.17) is 4.74 Å². The van der Waals surface area contributed by atoms with Crippen molar-refractivity contribution >= 4 is 6.08 Å². The van der Waals surface area contributed by atoms with E-state index in [-0.39, 0.29) is 6.42 Å². The van der Waals surface area contributed by atoms with Crippen LogP contribution in [0.3, 0.4) is 0 Å². The third kappa shape index (κ3) is 3.11. The molecule has 0 amide bonds. The van der Waals surface area contributed by atoms with Crippen molar-refractivity contribution < 1.29 is 17.9 Å². The molecule has 120 valence electrons. The number of hydrogen-bond donors (Lipinski definition) is 0. The molecular formula is C19H17F3O. The Labute approximate surface area is 133 Å². The van der Waals surface area contributed by atoms with E-state index in [9.17, 15) is 13.2 Å². The van der Waals surface area contributed by atoms with E-state index in [1.165, 1.54) is 0 Å². The highest BCUT2D eigenvalue weighted by Crippen LogP contribution is 2.51. The zero-order valence-electron chi connectivity index (χ0n) is 12.7. The van der Waals surface area contributed by atoms with Crippen LogP contribution in [0.2, 0.25) is 0 Å². The van der Waals surface area contributed by atoms with Gasteiger partial charge in [0.15, 0.2) is 0 Å². The predicted octanol–water partition coefficient (Wildman–Crippen LogP) is 5.55. The molecule has 1 nitrogen and oxygen atoms in total. The standard InChI is InChI=1S/C19H17F3O/c1-18(19(20,21)22)13-16(15-10-6-3-7-11-15)17(23-18)12-14-8-4-2-5-9-14/h2-12,16H,13H2,1H3/b17-12-/t16-,18+/m1/s1. The molecule has 3 rings (SSSR count). The average molecular weight is 318 g/mol. The first-order valence-corrected chi connectivity index (χ1v) is 7.46. The van der Waals surface area contributed by atoms with E-state index in [0.717, 1.165) is 18.1 Å². The van der Waals surface area contributed by atoms with Crippen molar-refractivity contribution in [3.05, 3.63) is 77.5 Å². The second-order valence-electron chi connectivity index (χ2n) is 5.96. The first kappa shape index (κ1) is 15.7. The Morgan fingerprint density at radius 2 is 1.57 bits per heavy atom. The van der Waals surface area contributed by atoms with Gasteiger partial charge in [0.2, 0.25) is 5.60 Å². The summed E-state index contributed by atoms with van der Waals surface area (Å²) in [7, 11) is 0. The molecule has 0 unspecified atom stereocenters.